The quantitative estimate of drug-likeness (QED) is 0.889. The number of hydrogen-bond donors (Lipinski definition) is 1. The highest BCUT2D eigenvalue weighted by molar-refractivity contribution is 6.03. The molecule has 1 heterocycles. The molecule has 0 aliphatic heterocycles. The van der Waals surface area contributed by atoms with Crippen LogP contribution in [0.4, 0.5) is 24.5 Å². The van der Waals surface area contributed by atoms with Crippen molar-refractivity contribution in [2.45, 2.75) is 32.4 Å². The summed E-state index contributed by atoms with van der Waals surface area (Å²) in [5, 5.41) is 6.65. The summed E-state index contributed by atoms with van der Waals surface area (Å²) in [5.41, 5.74) is -0.183. The Hall–Kier alpha value is -2.51. The van der Waals surface area contributed by atoms with Gasteiger partial charge in [-0.3, -0.25) is 9.48 Å². The van der Waals surface area contributed by atoms with Crippen LogP contribution in [0.3, 0.4) is 0 Å². The molecule has 1 aromatic carbocycles. The first-order chi connectivity index (χ1) is 11.8. The van der Waals surface area contributed by atoms with Gasteiger partial charge in [-0.2, -0.15) is 18.3 Å². The highest BCUT2D eigenvalue weighted by Gasteiger charge is 2.35. The number of alkyl halides is 3. The van der Waals surface area contributed by atoms with Gasteiger partial charge in [-0.1, -0.05) is 20.8 Å². The highest BCUT2D eigenvalue weighted by atomic mass is 19.4. The third kappa shape index (κ3) is 4.17. The summed E-state index contributed by atoms with van der Waals surface area (Å²) in [6.45, 7) is 5.83. The summed E-state index contributed by atoms with van der Waals surface area (Å²) in [6, 6.07) is 5.39. The van der Waals surface area contributed by atoms with Crippen LogP contribution < -0.4 is 10.2 Å². The Bertz CT molecular complexity index is 817. The van der Waals surface area contributed by atoms with E-state index in [1.165, 1.54) is 16.8 Å². The number of amides is 1. The zero-order valence-electron chi connectivity index (χ0n) is 15.7. The van der Waals surface area contributed by atoms with Gasteiger partial charge in [0.25, 0.3) is 5.91 Å². The zero-order chi connectivity index (χ0) is 19.9. The molecule has 0 radical (unpaired) electrons. The van der Waals surface area contributed by atoms with Crippen LogP contribution in [0.15, 0.2) is 24.3 Å². The molecule has 0 unspecified atom stereocenters. The molecule has 8 heteroatoms. The third-order valence-corrected chi connectivity index (χ3v) is 3.95. The van der Waals surface area contributed by atoms with Crippen LogP contribution in [0.2, 0.25) is 0 Å². The summed E-state index contributed by atoms with van der Waals surface area (Å²) in [4.78, 5) is 14.1. The van der Waals surface area contributed by atoms with Crippen LogP contribution in [0.5, 0.6) is 0 Å². The van der Waals surface area contributed by atoms with Crippen molar-refractivity contribution in [3.05, 3.63) is 41.2 Å². The molecule has 2 rings (SSSR count). The van der Waals surface area contributed by atoms with Crippen molar-refractivity contribution < 1.29 is 18.0 Å². The Kier molecular flexibility index (Phi) is 5.07. The van der Waals surface area contributed by atoms with Crippen LogP contribution >= 0.6 is 0 Å². The Morgan fingerprint density at radius 1 is 1.15 bits per heavy atom. The van der Waals surface area contributed by atoms with Crippen molar-refractivity contribution in [3.63, 3.8) is 0 Å². The van der Waals surface area contributed by atoms with E-state index < -0.39 is 17.6 Å². The largest absolute Gasteiger partial charge is 0.418 e. The smallest absolute Gasteiger partial charge is 0.378 e. The fourth-order valence-electron chi connectivity index (χ4n) is 2.39. The molecule has 0 bridgehead atoms. The molecule has 1 amide bonds. The second-order valence-corrected chi connectivity index (χ2v) is 7.36. The van der Waals surface area contributed by atoms with Crippen molar-refractivity contribution >= 4 is 17.3 Å². The van der Waals surface area contributed by atoms with Gasteiger partial charge in [-0.25, -0.2) is 0 Å². The van der Waals surface area contributed by atoms with Crippen molar-refractivity contribution in [1.29, 1.82) is 0 Å². The van der Waals surface area contributed by atoms with Gasteiger partial charge in [-0.05, 0) is 24.3 Å². The Morgan fingerprint density at radius 2 is 1.77 bits per heavy atom. The Labute approximate surface area is 150 Å². The number of hydrogen-bond acceptors (Lipinski definition) is 3. The number of rotatable bonds is 3. The van der Waals surface area contributed by atoms with Crippen LogP contribution in [-0.2, 0) is 18.6 Å². The fourth-order valence-corrected chi connectivity index (χ4v) is 2.39. The number of carbonyl (C=O) groups excluding carboxylic acids is 1. The second kappa shape index (κ2) is 6.66. The first kappa shape index (κ1) is 19.8. The summed E-state index contributed by atoms with van der Waals surface area (Å²) in [7, 11) is 4.89. The molecule has 26 heavy (non-hydrogen) atoms. The van der Waals surface area contributed by atoms with E-state index in [1.54, 1.807) is 32.1 Å². The zero-order valence-corrected chi connectivity index (χ0v) is 15.7. The number of halogens is 3. The van der Waals surface area contributed by atoms with Crippen LogP contribution in [0, 0.1) is 0 Å². The maximum atomic E-state index is 13.4. The van der Waals surface area contributed by atoms with Gasteiger partial charge in [0.1, 0.15) is 5.69 Å². The van der Waals surface area contributed by atoms with Gasteiger partial charge in [0.15, 0.2) is 0 Å². The van der Waals surface area contributed by atoms with E-state index >= 15 is 0 Å². The molecule has 0 saturated carbocycles. The molecule has 0 saturated heterocycles. The molecule has 0 aliphatic carbocycles. The van der Waals surface area contributed by atoms with E-state index in [2.05, 4.69) is 10.4 Å². The number of nitrogens with zero attached hydrogens (tertiary/aromatic N) is 3. The predicted molar refractivity (Wildman–Crippen MR) is 95.6 cm³/mol. The van der Waals surface area contributed by atoms with E-state index in [1.807, 2.05) is 20.8 Å². The molecule has 142 valence electrons. The van der Waals surface area contributed by atoms with Gasteiger partial charge in [0.2, 0.25) is 0 Å². The first-order valence-corrected chi connectivity index (χ1v) is 8.05. The average Bonchev–Trinajstić information content (AvgIpc) is 2.88. The number of benzene rings is 1. The monoisotopic (exact) mass is 368 g/mol. The highest BCUT2D eigenvalue weighted by Crippen LogP contribution is 2.37. The van der Waals surface area contributed by atoms with E-state index in [9.17, 15) is 18.0 Å². The summed E-state index contributed by atoms with van der Waals surface area (Å²) < 4.78 is 41.6. The minimum absolute atomic E-state index is 0.194. The number of carbonyl (C=O) groups is 1. The minimum Gasteiger partial charge on any atom is -0.378 e. The number of nitrogens with one attached hydrogen (secondary N) is 1. The first-order valence-electron chi connectivity index (χ1n) is 8.05. The van der Waals surface area contributed by atoms with Crippen LogP contribution in [0.1, 0.15) is 42.5 Å². The lowest BCUT2D eigenvalue weighted by Crippen LogP contribution is -2.20. The lowest BCUT2D eigenvalue weighted by molar-refractivity contribution is -0.136. The molecule has 0 spiro atoms. The summed E-state index contributed by atoms with van der Waals surface area (Å²) >= 11 is 0. The number of aromatic nitrogens is 2. The lowest BCUT2D eigenvalue weighted by Gasteiger charge is -2.18. The van der Waals surface area contributed by atoms with Crippen LogP contribution in [0.25, 0.3) is 0 Å². The van der Waals surface area contributed by atoms with Gasteiger partial charge >= 0.3 is 6.18 Å². The molecule has 5 nitrogen and oxygen atoms in total. The number of anilines is 2. The van der Waals surface area contributed by atoms with Crippen molar-refractivity contribution in [2.24, 2.45) is 7.05 Å². The molecule has 2 aromatic rings. The van der Waals surface area contributed by atoms with Gasteiger partial charge in [0, 0.05) is 32.2 Å². The van der Waals surface area contributed by atoms with E-state index in [4.69, 9.17) is 0 Å². The molecule has 1 N–H and O–H groups in total. The van der Waals surface area contributed by atoms with Crippen molar-refractivity contribution in [1.82, 2.24) is 9.78 Å². The SMILES string of the molecule is CN(C)c1ccc(NC(=O)c2cc(C(C)(C)C)nn2C)c(C(F)(F)F)c1. The molecule has 0 aliphatic rings. The topological polar surface area (TPSA) is 50.2 Å². The van der Waals surface area contributed by atoms with E-state index in [0.29, 0.717) is 11.4 Å². The van der Waals surface area contributed by atoms with Crippen molar-refractivity contribution in [3.8, 4) is 0 Å². The molecular formula is C18H23F3N4O. The van der Waals surface area contributed by atoms with Crippen LogP contribution in [-0.4, -0.2) is 29.8 Å². The second-order valence-electron chi connectivity index (χ2n) is 7.36. The van der Waals surface area contributed by atoms with E-state index in [-0.39, 0.29) is 16.8 Å². The maximum absolute atomic E-state index is 13.4. The van der Waals surface area contributed by atoms with Crippen molar-refractivity contribution in [2.75, 3.05) is 24.3 Å². The average molecular weight is 368 g/mol. The molecular weight excluding hydrogens is 345 g/mol. The molecule has 1 aromatic heterocycles. The summed E-state index contributed by atoms with van der Waals surface area (Å²) in [5.74, 6) is -0.640. The van der Waals surface area contributed by atoms with E-state index in [0.717, 1.165) is 6.07 Å². The number of aryl methyl sites for hydroxylation is 1. The maximum Gasteiger partial charge on any atom is 0.418 e. The summed E-state index contributed by atoms with van der Waals surface area (Å²) in [6.07, 6.45) is -4.59. The Balaban J connectivity index is 2.39. The Morgan fingerprint density at radius 3 is 2.23 bits per heavy atom. The lowest BCUT2D eigenvalue weighted by atomic mass is 9.92. The normalized spacial score (nSPS) is 12.2. The van der Waals surface area contributed by atoms with Gasteiger partial charge in [0.05, 0.1) is 16.9 Å². The third-order valence-electron chi connectivity index (χ3n) is 3.95. The molecule has 0 atom stereocenters. The molecule has 0 fully saturated rings. The minimum atomic E-state index is -4.59. The van der Waals surface area contributed by atoms with Gasteiger partial charge in [-0.15, -0.1) is 0 Å². The van der Waals surface area contributed by atoms with Gasteiger partial charge < -0.3 is 10.2 Å². The standard InChI is InChI=1S/C18H23F3N4O/c1-17(2,3)15-10-14(25(6)23-15)16(26)22-13-8-7-11(24(4)5)9-12(13)18(19,20)21/h7-10H,1-6H3,(H,22,26). The fraction of sp³-hybridized carbons (Fsp3) is 0.444. The predicted octanol–water partition coefficient (Wildman–Crippen LogP) is 4.05.